The van der Waals surface area contributed by atoms with Crippen LogP contribution in [0.5, 0.6) is 5.75 Å². The number of carbonyl (C=O) groups is 1. The Hall–Kier alpha value is -2.59. The molecule has 0 saturated heterocycles. The number of anilines is 3. The van der Waals surface area contributed by atoms with Crippen molar-refractivity contribution in [2.24, 2.45) is 0 Å². The van der Waals surface area contributed by atoms with Crippen LogP contribution in [0.2, 0.25) is 0 Å². The number of H-pyrrole nitrogens is 1. The Morgan fingerprint density at radius 1 is 1.40 bits per heavy atom. The van der Waals surface area contributed by atoms with Crippen LogP contribution >= 0.6 is 23.1 Å². The quantitative estimate of drug-likeness (QED) is 0.636. The average molecular weight is 376 g/mol. The molecule has 0 spiro atoms. The van der Waals surface area contributed by atoms with Gasteiger partial charge < -0.3 is 10.5 Å². The van der Waals surface area contributed by atoms with E-state index in [1.54, 1.807) is 12.0 Å². The monoisotopic (exact) mass is 376 g/mol. The van der Waals surface area contributed by atoms with Crippen LogP contribution in [0.1, 0.15) is 12.6 Å². The molecule has 0 unspecified atom stereocenters. The van der Waals surface area contributed by atoms with Gasteiger partial charge in [0.1, 0.15) is 5.75 Å². The van der Waals surface area contributed by atoms with E-state index in [1.807, 2.05) is 29.6 Å². The highest BCUT2D eigenvalue weighted by Crippen LogP contribution is 2.36. The Morgan fingerprint density at radius 3 is 2.88 bits per heavy atom. The second kappa shape index (κ2) is 7.53. The number of nitrogen functional groups attached to an aromatic ring is 1. The van der Waals surface area contributed by atoms with Crippen LogP contribution in [0.25, 0.3) is 0 Å². The maximum Gasteiger partial charge on any atom is 0.230 e. The van der Waals surface area contributed by atoms with Gasteiger partial charge in [-0.1, -0.05) is 23.9 Å². The van der Waals surface area contributed by atoms with Crippen LogP contribution in [-0.2, 0) is 10.5 Å². The number of rotatable bonds is 6. The summed E-state index contributed by atoms with van der Waals surface area (Å²) in [5.41, 5.74) is 6.99. The molecule has 8 nitrogen and oxygen atoms in total. The van der Waals surface area contributed by atoms with Gasteiger partial charge in [-0.05, 0) is 12.1 Å². The number of methoxy groups -OCH3 is 1. The van der Waals surface area contributed by atoms with Gasteiger partial charge in [0.15, 0.2) is 5.13 Å². The van der Waals surface area contributed by atoms with Crippen molar-refractivity contribution in [3.63, 3.8) is 0 Å². The zero-order valence-electron chi connectivity index (χ0n) is 13.6. The van der Waals surface area contributed by atoms with Crippen LogP contribution in [0, 0.1) is 0 Å². The minimum Gasteiger partial charge on any atom is -0.495 e. The molecule has 1 aromatic carbocycles. The van der Waals surface area contributed by atoms with E-state index in [0.717, 1.165) is 5.69 Å². The molecular weight excluding hydrogens is 360 g/mol. The maximum atomic E-state index is 12.2. The smallest absolute Gasteiger partial charge is 0.230 e. The van der Waals surface area contributed by atoms with Crippen molar-refractivity contribution in [2.75, 3.05) is 17.7 Å². The van der Waals surface area contributed by atoms with Crippen molar-refractivity contribution in [1.29, 1.82) is 0 Å². The van der Waals surface area contributed by atoms with Gasteiger partial charge in [0, 0.05) is 18.1 Å². The molecule has 0 aliphatic carbocycles. The van der Waals surface area contributed by atoms with Crippen LogP contribution < -0.4 is 15.4 Å². The fourth-order valence-electron chi connectivity index (χ4n) is 2.15. The third-order valence-corrected chi connectivity index (χ3v) is 4.96. The van der Waals surface area contributed by atoms with Gasteiger partial charge in [0.25, 0.3) is 0 Å². The zero-order valence-corrected chi connectivity index (χ0v) is 15.2. The number of ether oxygens (including phenoxy) is 1. The van der Waals surface area contributed by atoms with E-state index < -0.39 is 0 Å². The largest absolute Gasteiger partial charge is 0.495 e. The van der Waals surface area contributed by atoms with Crippen LogP contribution in [0.15, 0.2) is 34.8 Å². The van der Waals surface area contributed by atoms with Crippen molar-refractivity contribution >= 4 is 45.8 Å². The van der Waals surface area contributed by atoms with E-state index >= 15 is 0 Å². The number of aromatic amines is 1. The maximum absolute atomic E-state index is 12.2. The Balaban J connectivity index is 1.81. The average Bonchev–Trinajstić information content (AvgIpc) is 3.22. The molecule has 1 amide bonds. The minimum absolute atomic E-state index is 0.139. The third kappa shape index (κ3) is 3.91. The fourth-order valence-corrected chi connectivity index (χ4v) is 3.83. The SMILES string of the molecule is COc1ccccc1N(C(C)=O)c1nc(CSc2n[nH]c(N)n2)cs1. The summed E-state index contributed by atoms with van der Waals surface area (Å²) in [7, 11) is 1.57. The summed E-state index contributed by atoms with van der Waals surface area (Å²) >= 11 is 2.81. The number of benzene rings is 1. The molecule has 10 heteroatoms. The highest BCUT2D eigenvalue weighted by atomic mass is 32.2. The number of thioether (sulfide) groups is 1. The molecule has 3 aromatic rings. The van der Waals surface area contributed by atoms with E-state index in [2.05, 4.69) is 20.2 Å². The highest BCUT2D eigenvalue weighted by molar-refractivity contribution is 7.98. The van der Waals surface area contributed by atoms with Crippen LogP contribution in [-0.4, -0.2) is 33.2 Å². The molecule has 2 heterocycles. The molecule has 0 fully saturated rings. The van der Waals surface area contributed by atoms with Gasteiger partial charge in [-0.25, -0.2) is 10.1 Å². The van der Waals surface area contributed by atoms with E-state index in [1.165, 1.54) is 30.0 Å². The lowest BCUT2D eigenvalue weighted by Crippen LogP contribution is -2.23. The second-order valence-corrected chi connectivity index (χ2v) is 6.72. The number of nitrogens with two attached hydrogens (primary N) is 1. The Bertz CT molecular complexity index is 878. The molecule has 0 aliphatic heterocycles. The van der Waals surface area contributed by atoms with Crippen LogP contribution in [0.3, 0.4) is 0 Å². The molecule has 0 saturated carbocycles. The number of nitrogens with one attached hydrogen (secondary N) is 1. The van der Waals surface area contributed by atoms with Gasteiger partial charge in [-0.3, -0.25) is 9.69 Å². The number of hydrogen-bond acceptors (Lipinski definition) is 8. The third-order valence-electron chi connectivity index (χ3n) is 3.20. The van der Waals surface area contributed by atoms with Gasteiger partial charge in [-0.2, -0.15) is 4.98 Å². The Labute approximate surface area is 152 Å². The number of nitrogens with zero attached hydrogens (tertiary/aromatic N) is 4. The molecule has 25 heavy (non-hydrogen) atoms. The fraction of sp³-hybridized carbons (Fsp3) is 0.200. The predicted octanol–water partition coefficient (Wildman–Crippen LogP) is 2.83. The molecule has 2 aromatic heterocycles. The van der Waals surface area contributed by atoms with Gasteiger partial charge in [0.05, 0.1) is 18.5 Å². The summed E-state index contributed by atoms with van der Waals surface area (Å²) < 4.78 is 5.36. The molecular formula is C15H16N6O2S2. The van der Waals surface area contributed by atoms with Gasteiger partial charge in [-0.15, -0.1) is 16.4 Å². The first-order valence-electron chi connectivity index (χ1n) is 7.27. The molecule has 3 rings (SSSR count). The number of hydrogen-bond donors (Lipinski definition) is 2. The Kier molecular flexibility index (Phi) is 5.19. The molecule has 0 atom stereocenters. The predicted molar refractivity (Wildman–Crippen MR) is 98.3 cm³/mol. The van der Waals surface area contributed by atoms with Gasteiger partial charge in [0.2, 0.25) is 17.0 Å². The van der Waals surface area contributed by atoms with E-state index in [4.69, 9.17) is 10.5 Å². The Morgan fingerprint density at radius 2 is 2.20 bits per heavy atom. The zero-order chi connectivity index (χ0) is 17.8. The van der Waals surface area contributed by atoms with Crippen molar-refractivity contribution in [3.05, 3.63) is 35.3 Å². The van der Waals surface area contributed by atoms with Crippen molar-refractivity contribution in [2.45, 2.75) is 17.8 Å². The lowest BCUT2D eigenvalue weighted by molar-refractivity contribution is -0.115. The number of thiazole rings is 1. The number of para-hydroxylation sites is 2. The summed E-state index contributed by atoms with van der Waals surface area (Å²) in [6, 6.07) is 7.34. The van der Waals surface area contributed by atoms with E-state index in [-0.39, 0.29) is 11.9 Å². The summed E-state index contributed by atoms with van der Waals surface area (Å²) in [5.74, 6) is 1.33. The lowest BCUT2D eigenvalue weighted by atomic mass is 10.2. The molecule has 0 radical (unpaired) electrons. The van der Waals surface area contributed by atoms with Crippen molar-refractivity contribution in [1.82, 2.24) is 20.2 Å². The lowest BCUT2D eigenvalue weighted by Gasteiger charge is -2.20. The van der Waals surface area contributed by atoms with Crippen molar-refractivity contribution < 1.29 is 9.53 Å². The molecule has 0 aliphatic rings. The topological polar surface area (TPSA) is 110 Å². The molecule has 0 bridgehead atoms. The van der Waals surface area contributed by atoms with Crippen molar-refractivity contribution in [3.8, 4) is 5.75 Å². The first-order valence-corrected chi connectivity index (χ1v) is 9.14. The minimum atomic E-state index is -0.139. The van der Waals surface area contributed by atoms with E-state index in [9.17, 15) is 4.79 Å². The summed E-state index contributed by atoms with van der Waals surface area (Å²) in [6.07, 6.45) is 0. The number of carbonyl (C=O) groups excluding carboxylic acids is 1. The second-order valence-electron chi connectivity index (χ2n) is 4.94. The first kappa shape index (κ1) is 17.2. The number of amides is 1. The highest BCUT2D eigenvalue weighted by Gasteiger charge is 2.21. The summed E-state index contributed by atoms with van der Waals surface area (Å²) in [5, 5.41) is 9.60. The standard InChI is InChI=1S/C15H16N6O2S2/c1-9(22)21(11-5-3-4-6-12(11)23-2)15-17-10(8-25-15)7-24-14-18-13(16)19-20-14/h3-6,8H,7H2,1-2H3,(H3,16,18,19,20). The summed E-state index contributed by atoms with van der Waals surface area (Å²) in [4.78, 5) is 22.3. The van der Waals surface area contributed by atoms with Gasteiger partial charge >= 0.3 is 0 Å². The first-order chi connectivity index (χ1) is 12.1. The van der Waals surface area contributed by atoms with Crippen LogP contribution in [0.4, 0.5) is 16.8 Å². The van der Waals surface area contributed by atoms with E-state index in [0.29, 0.717) is 27.5 Å². The number of aromatic nitrogens is 4. The normalized spacial score (nSPS) is 10.6. The molecule has 130 valence electrons. The molecule has 3 N–H and O–H groups in total. The summed E-state index contributed by atoms with van der Waals surface area (Å²) in [6.45, 7) is 1.50.